The van der Waals surface area contributed by atoms with Crippen LogP contribution in [0.2, 0.25) is 0 Å². The van der Waals surface area contributed by atoms with Crippen LogP contribution in [0.25, 0.3) is 0 Å². The first-order chi connectivity index (χ1) is 6.04. The van der Waals surface area contributed by atoms with Crippen LogP contribution in [-0.4, -0.2) is 1.68 Å². The van der Waals surface area contributed by atoms with Gasteiger partial charge in [-0.3, -0.25) is 0 Å². The Morgan fingerprint density at radius 1 is 0.846 bits per heavy atom. The molecule has 4 N–H and O–H groups in total. The van der Waals surface area contributed by atoms with Crippen LogP contribution in [0.15, 0.2) is 0 Å². The third-order valence-corrected chi connectivity index (χ3v) is 8.58. The van der Waals surface area contributed by atoms with Crippen molar-refractivity contribution in [1.29, 1.82) is 0 Å². The number of hydrogen-bond acceptors (Lipinski definition) is 6. The summed E-state index contributed by atoms with van der Waals surface area (Å²) in [7, 11) is 0. The summed E-state index contributed by atoms with van der Waals surface area (Å²) in [5, 5.41) is 42.0. The summed E-state index contributed by atoms with van der Waals surface area (Å²) in [4.78, 5) is 8.53. The van der Waals surface area contributed by atoms with Crippen molar-refractivity contribution >= 4 is 0 Å². The van der Waals surface area contributed by atoms with Crippen molar-refractivity contribution in [3.05, 3.63) is 20.8 Å². The van der Waals surface area contributed by atoms with E-state index in [1.807, 2.05) is 0 Å². The van der Waals surface area contributed by atoms with E-state index < -0.39 is 62.0 Å². The minimum absolute atomic E-state index is 0.657. The van der Waals surface area contributed by atoms with Crippen molar-refractivity contribution < 1.29 is 70.2 Å². The number of alkyl halides is 2. The van der Waals surface area contributed by atoms with Gasteiger partial charge < -0.3 is 0 Å². The monoisotopic (exact) mass is 422 g/mol. The van der Waals surface area contributed by atoms with Crippen LogP contribution in [0.3, 0.4) is 0 Å². The van der Waals surface area contributed by atoms with Crippen LogP contribution in [0.4, 0.5) is 0 Å². The molecule has 0 aliphatic carbocycles. The van der Waals surface area contributed by atoms with E-state index >= 15 is 0 Å². The number of halogens is 2. The van der Waals surface area contributed by atoms with E-state index in [2.05, 4.69) is 9.88 Å². The number of rotatable bonds is 0. The molecule has 0 aromatic rings. The number of hydrogen-bond donors (Lipinski definition) is 4. The average molecular weight is 422 g/mol. The Balaban J connectivity index is 2.20. The standard InChI is InChI=1S/CH4I2N4O6/c8-4-1(2-6(10)12-4)3-7(11)13-5(1)9/h4-7H/q-2. The van der Waals surface area contributed by atoms with Crippen molar-refractivity contribution in [2.24, 2.45) is 0 Å². The quantitative estimate of drug-likeness (QED) is 0.101. The molecule has 2 saturated heterocycles. The molecule has 2 aliphatic heterocycles. The van der Waals surface area contributed by atoms with Crippen molar-refractivity contribution in [3.63, 3.8) is 0 Å². The van der Waals surface area contributed by atoms with Gasteiger partial charge in [-0.1, -0.05) is 0 Å². The Bertz CT molecular complexity index is 195. The van der Waals surface area contributed by atoms with Crippen molar-refractivity contribution in [1.82, 2.24) is 0 Å². The molecule has 0 amide bonds. The predicted molar refractivity (Wildman–Crippen MR) is 22.2 cm³/mol. The third-order valence-electron chi connectivity index (χ3n) is 1.27. The summed E-state index contributed by atoms with van der Waals surface area (Å²) < 4.78 is -2.77. The molecule has 13 heavy (non-hydrogen) atoms. The summed E-state index contributed by atoms with van der Waals surface area (Å²) in [6.07, 6.45) is 0. The molecule has 4 unspecified atom stereocenters. The molecule has 10 nitrogen and oxygen atoms in total. The molecule has 80 valence electrons. The fourth-order valence-corrected chi connectivity index (χ4v) is 6.95. The van der Waals surface area contributed by atoms with Gasteiger partial charge in [0, 0.05) is 0 Å². The molecule has 12 heteroatoms. The second kappa shape index (κ2) is 3.57. The minimum atomic E-state index is -1.45. The van der Waals surface area contributed by atoms with E-state index in [-0.39, 0.29) is 0 Å². The van der Waals surface area contributed by atoms with Crippen molar-refractivity contribution in [2.45, 2.75) is 1.68 Å². The van der Waals surface area contributed by atoms with Crippen LogP contribution in [0.5, 0.6) is 0 Å². The molecular formula is CH4I2N4O6-2. The summed E-state index contributed by atoms with van der Waals surface area (Å²) in [6, 6.07) is 0. The zero-order chi connectivity index (χ0) is 9.64. The van der Waals surface area contributed by atoms with E-state index in [9.17, 15) is 20.8 Å². The Kier molecular flexibility index (Phi) is 2.91. The summed E-state index contributed by atoms with van der Waals surface area (Å²) in [5.41, 5.74) is 0. The summed E-state index contributed by atoms with van der Waals surface area (Å²) >= 11 is -2.75. The van der Waals surface area contributed by atoms with Gasteiger partial charge in [-0.25, -0.2) is 0 Å². The maximum absolute atomic E-state index is 11.1. The Morgan fingerprint density at radius 3 is 1.46 bits per heavy atom. The molecular weight excluding hydrogens is 418 g/mol. The van der Waals surface area contributed by atoms with Gasteiger partial charge in [0.05, 0.1) is 0 Å². The van der Waals surface area contributed by atoms with Gasteiger partial charge in [-0.05, 0) is 0 Å². The van der Waals surface area contributed by atoms with Crippen LogP contribution in [-0.2, 0) is 9.88 Å². The topological polar surface area (TPSA) is 128 Å². The normalized spacial score (nSPS) is 57.5. The Hall–Kier alpha value is 1.06. The number of nitrogens with one attached hydrogen (secondary N) is 4. The first kappa shape index (κ1) is 10.6. The molecule has 0 aromatic carbocycles. The van der Waals surface area contributed by atoms with Gasteiger partial charge in [0.15, 0.2) is 0 Å². The molecule has 0 radical (unpaired) electrons. The van der Waals surface area contributed by atoms with Gasteiger partial charge in [0.25, 0.3) is 0 Å². The van der Waals surface area contributed by atoms with Gasteiger partial charge in [-0.15, -0.1) is 0 Å². The second-order valence-corrected chi connectivity index (χ2v) is 10.2. The number of hydroxylamine groups is 4. The molecule has 0 saturated carbocycles. The SMILES string of the molecule is [O-][NH+]1O[NH+]([O-])C2([I-]1)[I-][NH+]([O-])O[NH+]2[O-]. The average Bonchev–Trinajstić information content (AvgIpc) is 2.40. The first-order valence-electron chi connectivity index (χ1n) is 2.89. The number of quaternary nitrogens is 4. The maximum atomic E-state index is 11.1. The van der Waals surface area contributed by atoms with Gasteiger partial charge in [-0.2, -0.15) is 0 Å². The first-order valence-corrected chi connectivity index (χ1v) is 7.20. The zero-order valence-electron chi connectivity index (χ0n) is 5.71. The second-order valence-electron chi connectivity index (χ2n) is 2.02. The Labute approximate surface area is 92.3 Å². The molecule has 2 fully saturated rings. The van der Waals surface area contributed by atoms with Gasteiger partial charge >= 0.3 is 92.7 Å². The Morgan fingerprint density at radius 2 is 1.23 bits per heavy atom. The molecule has 0 bridgehead atoms. The van der Waals surface area contributed by atoms with E-state index in [1.54, 1.807) is 0 Å². The van der Waals surface area contributed by atoms with E-state index in [0.717, 1.165) is 0 Å². The van der Waals surface area contributed by atoms with E-state index in [4.69, 9.17) is 0 Å². The van der Waals surface area contributed by atoms with Gasteiger partial charge in [0.2, 0.25) is 0 Å². The predicted octanol–water partition coefficient (Wildman–Crippen LogP) is -13.1. The molecule has 2 aliphatic rings. The van der Waals surface area contributed by atoms with E-state index in [1.165, 1.54) is 0 Å². The van der Waals surface area contributed by atoms with Crippen LogP contribution in [0.1, 0.15) is 0 Å². The molecule has 1 spiro atoms. The fraction of sp³-hybridized carbons (Fsp3) is 1.00. The van der Waals surface area contributed by atoms with Gasteiger partial charge in [0.1, 0.15) is 0 Å². The molecule has 2 heterocycles. The zero-order valence-corrected chi connectivity index (χ0v) is 10.0. The van der Waals surface area contributed by atoms with E-state index in [0.29, 0.717) is 0 Å². The summed E-state index contributed by atoms with van der Waals surface area (Å²) in [6.45, 7) is 0. The molecule has 2 rings (SSSR count). The molecule has 0 aromatic heterocycles. The van der Waals surface area contributed by atoms with Crippen molar-refractivity contribution in [3.8, 4) is 0 Å². The third kappa shape index (κ3) is 1.66. The van der Waals surface area contributed by atoms with Crippen LogP contribution >= 0.6 is 0 Å². The summed E-state index contributed by atoms with van der Waals surface area (Å²) in [5.74, 6) is 0. The van der Waals surface area contributed by atoms with Crippen molar-refractivity contribution in [2.75, 3.05) is 0 Å². The molecule has 4 atom stereocenters. The fourth-order valence-electron chi connectivity index (χ4n) is 0.781. The van der Waals surface area contributed by atoms with Crippen LogP contribution in [0, 0.1) is 20.8 Å². The van der Waals surface area contributed by atoms with Crippen LogP contribution < -0.4 is 60.3 Å².